The van der Waals surface area contributed by atoms with E-state index in [9.17, 15) is 4.79 Å². The summed E-state index contributed by atoms with van der Waals surface area (Å²) in [5.41, 5.74) is 0.104. The van der Waals surface area contributed by atoms with Gasteiger partial charge in [-0.3, -0.25) is 0 Å². The topological polar surface area (TPSA) is 35.5 Å². The average Bonchev–Trinajstić information content (AvgIpc) is 1.84. The van der Waals surface area contributed by atoms with Gasteiger partial charge in [0.25, 0.3) is 0 Å². The van der Waals surface area contributed by atoms with Crippen molar-refractivity contribution in [3.05, 3.63) is 0 Å². The Morgan fingerprint density at radius 3 is 2.33 bits per heavy atom. The highest BCUT2D eigenvalue weighted by Gasteiger charge is 2.11. The highest BCUT2D eigenvalue weighted by molar-refractivity contribution is 5.70. The molecule has 0 rings (SSSR count). The zero-order chi connectivity index (χ0) is 9.61. The summed E-state index contributed by atoms with van der Waals surface area (Å²) in [6, 6.07) is 0. The Balaban J connectivity index is 3.37. The lowest BCUT2D eigenvalue weighted by Gasteiger charge is -2.17. The largest absolute Gasteiger partial charge is 0.464 e. The minimum Gasteiger partial charge on any atom is -0.464 e. The fourth-order valence-electron chi connectivity index (χ4n) is 0.643. The number of esters is 1. The lowest BCUT2D eigenvalue weighted by atomic mass is 9.99. The summed E-state index contributed by atoms with van der Waals surface area (Å²) in [5.74, 6) is -0.290. The van der Waals surface area contributed by atoms with Crippen LogP contribution >= 0.6 is 0 Å². The molecule has 0 aromatic rings. The second-order valence-corrected chi connectivity index (χ2v) is 3.86. The summed E-state index contributed by atoms with van der Waals surface area (Å²) < 4.78 is 9.83. The highest BCUT2D eigenvalue weighted by Crippen LogP contribution is 2.12. The molecule has 0 radical (unpaired) electrons. The van der Waals surface area contributed by atoms with E-state index in [-0.39, 0.29) is 18.0 Å². The van der Waals surface area contributed by atoms with Gasteiger partial charge in [-0.05, 0) is 12.3 Å². The average molecular weight is 174 g/mol. The molecule has 0 aliphatic rings. The van der Waals surface area contributed by atoms with Gasteiger partial charge in [-0.2, -0.15) is 0 Å². The van der Waals surface area contributed by atoms with Crippen molar-refractivity contribution in [3.63, 3.8) is 0 Å². The molecule has 0 aromatic heterocycles. The molecular formula is C9H18O3. The van der Waals surface area contributed by atoms with E-state index in [0.29, 0.717) is 13.2 Å². The summed E-state index contributed by atoms with van der Waals surface area (Å²) in [6.07, 6.45) is 0. The molecule has 0 saturated heterocycles. The van der Waals surface area contributed by atoms with Gasteiger partial charge in [0, 0.05) is 0 Å². The normalized spacial score (nSPS) is 11.3. The van der Waals surface area contributed by atoms with Crippen LogP contribution in [0.1, 0.15) is 27.7 Å². The molecule has 0 heterocycles. The first kappa shape index (κ1) is 11.4. The van der Waals surface area contributed by atoms with Crippen molar-refractivity contribution in [1.82, 2.24) is 0 Å². The second-order valence-electron chi connectivity index (χ2n) is 3.86. The Labute approximate surface area is 74.0 Å². The van der Waals surface area contributed by atoms with Crippen molar-refractivity contribution < 1.29 is 14.3 Å². The van der Waals surface area contributed by atoms with Gasteiger partial charge in [-0.25, -0.2) is 4.79 Å². The number of ether oxygens (including phenoxy) is 2. The van der Waals surface area contributed by atoms with E-state index in [2.05, 4.69) is 20.8 Å². The molecule has 0 aromatic carbocycles. The third-order valence-corrected chi connectivity index (χ3v) is 1.06. The maximum Gasteiger partial charge on any atom is 0.332 e. The second kappa shape index (κ2) is 5.14. The summed E-state index contributed by atoms with van der Waals surface area (Å²) in [5, 5.41) is 0. The molecule has 0 saturated carbocycles. The van der Waals surface area contributed by atoms with Gasteiger partial charge in [-0.1, -0.05) is 20.8 Å². The van der Waals surface area contributed by atoms with Gasteiger partial charge in [0.15, 0.2) is 0 Å². The third kappa shape index (κ3) is 7.54. The molecule has 0 atom stereocenters. The van der Waals surface area contributed by atoms with E-state index in [4.69, 9.17) is 9.47 Å². The minimum absolute atomic E-state index is 0.0606. The number of rotatable bonds is 4. The predicted octanol–water partition coefficient (Wildman–Crippen LogP) is 1.61. The molecule has 12 heavy (non-hydrogen) atoms. The molecule has 0 spiro atoms. The van der Waals surface area contributed by atoms with Gasteiger partial charge in [-0.15, -0.1) is 0 Å². The van der Waals surface area contributed by atoms with Crippen LogP contribution < -0.4 is 0 Å². The van der Waals surface area contributed by atoms with Crippen molar-refractivity contribution in [3.8, 4) is 0 Å². The number of hydrogen-bond donors (Lipinski definition) is 0. The molecule has 3 heteroatoms. The molecular weight excluding hydrogens is 156 g/mol. The van der Waals surface area contributed by atoms with E-state index in [0.717, 1.165) is 0 Å². The van der Waals surface area contributed by atoms with E-state index < -0.39 is 0 Å². The molecule has 0 unspecified atom stereocenters. The van der Waals surface area contributed by atoms with Crippen LogP contribution in [0.5, 0.6) is 0 Å². The SMILES string of the molecule is CCOC(=O)COCC(C)(C)C. The Kier molecular flexibility index (Phi) is 4.90. The maximum atomic E-state index is 10.8. The van der Waals surface area contributed by atoms with E-state index >= 15 is 0 Å². The lowest BCUT2D eigenvalue weighted by Crippen LogP contribution is -2.19. The first-order valence-electron chi connectivity index (χ1n) is 4.19. The van der Waals surface area contributed by atoms with Crippen LogP contribution in [0.25, 0.3) is 0 Å². The van der Waals surface area contributed by atoms with Crippen LogP contribution in [0.15, 0.2) is 0 Å². The number of carbonyl (C=O) groups excluding carboxylic acids is 1. The van der Waals surface area contributed by atoms with Crippen molar-refractivity contribution in [2.75, 3.05) is 19.8 Å². The van der Waals surface area contributed by atoms with Gasteiger partial charge in [0.1, 0.15) is 6.61 Å². The van der Waals surface area contributed by atoms with E-state index in [1.807, 2.05) is 0 Å². The van der Waals surface area contributed by atoms with Crippen LogP contribution in [0, 0.1) is 5.41 Å². The van der Waals surface area contributed by atoms with Crippen molar-refractivity contribution in [1.29, 1.82) is 0 Å². The standard InChI is InChI=1S/C9H18O3/c1-5-12-8(10)6-11-7-9(2,3)4/h5-7H2,1-4H3. The minimum atomic E-state index is -0.290. The zero-order valence-electron chi connectivity index (χ0n) is 8.35. The Hall–Kier alpha value is -0.570. The molecule has 0 amide bonds. The Morgan fingerprint density at radius 2 is 1.92 bits per heavy atom. The molecule has 72 valence electrons. The highest BCUT2D eigenvalue weighted by atomic mass is 16.6. The van der Waals surface area contributed by atoms with Gasteiger partial charge in [0.05, 0.1) is 13.2 Å². The first-order chi connectivity index (χ1) is 5.45. The van der Waals surface area contributed by atoms with E-state index in [1.165, 1.54) is 0 Å². The molecule has 0 aliphatic carbocycles. The fraction of sp³-hybridized carbons (Fsp3) is 0.889. The summed E-state index contributed by atoms with van der Waals surface area (Å²) >= 11 is 0. The molecule has 0 aliphatic heterocycles. The van der Waals surface area contributed by atoms with Gasteiger partial charge >= 0.3 is 5.97 Å². The number of hydrogen-bond acceptors (Lipinski definition) is 3. The van der Waals surface area contributed by atoms with Gasteiger partial charge < -0.3 is 9.47 Å². The first-order valence-corrected chi connectivity index (χ1v) is 4.19. The van der Waals surface area contributed by atoms with Gasteiger partial charge in [0.2, 0.25) is 0 Å². The third-order valence-electron chi connectivity index (χ3n) is 1.06. The van der Waals surface area contributed by atoms with Crippen molar-refractivity contribution in [2.45, 2.75) is 27.7 Å². The van der Waals surface area contributed by atoms with Crippen LogP contribution in [-0.2, 0) is 14.3 Å². The zero-order valence-corrected chi connectivity index (χ0v) is 8.35. The maximum absolute atomic E-state index is 10.8. The Bertz CT molecular complexity index is 135. The molecule has 0 fully saturated rings. The molecule has 0 N–H and O–H groups in total. The summed E-state index contributed by atoms with van der Waals surface area (Å²) in [7, 11) is 0. The van der Waals surface area contributed by atoms with Crippen LogP contribution in [-0.4, -0.2) is 25.8 Å². The Morgan fingerprint density at radius 1 is 1.33 bits per heavy atom. The number of carbonyl (C=O) groups is 1. The van der Waals surface area contributed by atoms with Crippen LogP contribution in [0.4, 0.5) is 0 Å². The fourth-order valence-corrected chi connectivity index (χ4v) is 0.643. The van der Waals surface area contributed by atoms with Crippen molar-refractivity contribution in [2.24, 2.45) is 5.41 Å². The molecule has 3 nitrogen and oxygen atoms in total. The van der Waals surface area contributed by atoms with Crippen LogP contribution in [0.3, 0.4) is 0 Å². The van der Waals surface area contributed by atoms with Crippen molar-refractivity contribution >= 4 is 5.97 Å². The lowest BCUT2D eigenvalue weighted by molar-refractivity contribution is -0.149. The quantitative estimate of drug-likeness (QED) is 0.607. The molecule has 0 bridgehead atoms. The van der Waals surface area contributed by atoms with E-state index in [1.54, 1.807) is 6.92 Å². The van der Waals surface area contributed by atoms with Crippen LogP contribution in [0.2, 0.25) is 0 Å². The summed E-state index contributed by atoms with van der Waals surface area (Å²) in [4.78, 5) is 10.8. The predicted molar refractivity (Wildman–Crippen MR) is 46.9 cm³/mol. The monoisotopic (exact) mass is 174 g/mol. The smallest absolute Gasteiger partial charge is 0.332 e. The summed E-state index contributed by atoms with van der Waals surface area (Å²) in [6.45, 7) is 8.99.